The summed E-state index contributed by atoms with van der Waals surface area (Å²) in [4.78, 5) is 0. The van der Waals surface area contributed by atoms with Gasteiger partial charge in [0.25, 0.3) is 0 Å². The Balaban J connectivity index is 2.24. The summed E-state index contributed by atoms with van der Waals surface area (Å²) in [5, 5.41) is 4.36. The van der Waals surface area contributed by atoms with E-state index < -0.39 is 0 Å². The molecule has 68 valence electrons. The van der Waals surface area contributed by atoms with Crippen LogP contribution in [-0.4, -0.2) is 29.9 Å². The molecular formula is C10H10SSe2. The fourth-order valence-electron chi connectivity index (χ4n) is 1.02. The Morgan fingerprint density at radius 3 is 2.08 bits per heavy atom. The van der Waals surface area contributed by atoms with E-state index in [1.165, 1.54) is 5.57 Å². The maximum absolute atomic E-state index is 2.29. The molecular weight excluding hydrogens is 310 g/mol. The van der Waals surface area contributed by atoms with Crippen LogP contribution in [0.1, 0.15) is 13.8 Å². The Bertz CT molecular complexity index is 318. The Kier molecular flexibility index (Phi) is 3.23. The average Bonchev–Trinajstić information content (AvgIpc) is 2.49. The summed E-state index contributed by atoms with van der Waals surface area (Å²) in [7, 11) is 0. The van der Waals surface area contributed by atoms with Crippen LogP contribution in [0.25, 0.3) is 0 Å². The van der Waals surface area contributed by atoms with Crippen molar-refractivity contribution in [3.8, 4) is 0 Å². The van der Waals surface area contributed by atoms with E-state index in [4.69, 9.17) is 0 Å². The summed E-state index contributed by atoms with van der Waals surface area (Å²) in [6.07, 6.45) is 4.52. The van der Waals surface area contributed by atoms with Crippen LogP contribution in [0.4, 0.5) is 0 Å². The van der Waals surface area contributed by atoms with Gasteiger partial charge in [0.15, 0.2) is 0 Å². The number of rotatable bonds is 0. The molecule has 0 radical (unpaired) electrons. The molecule has 2 heterocycles. The summed E-state index contributed by atoms with van der Waals surface area (Å²) < 4.78 is 5.01. The first kappa shape index (κ1) is 9.89. The van der Waals surface area contributed by atoms with Gasteiger partial charge >= 0.3 is 96.4 Å². The van der Waals surface area contributed by atoms with E-state index in [1.54, 1.807) is 24.1 Å². The predicted molar refractivity (Wildman–Crippen MR) is 62.8 cm³/mol. The monoisotopic (exact) mass is 322 g/mol. The van der Waals surface area contributed by atoms with E-state index in [2.05, 4.69) is 36.8 Å². The molecule has 0 saturated carbocycles. The molecule has 0 aromatic heterocycles. The molecule has 0 nitrogen and oxygen atoms in total. The van der Waals surface area contributed by atoms with Gasteiger partial charge in [-0.1, -0.05) is 0 Å². The van der Waals surface area contributed by atoms with E-state index in [0.29, 0.717) is 29.9 Å². The van der Waals surface area contributed by atoms with Gasteiger partial charge in [0.1, 0.15) is 0 Å². The minimum atomic E-state index is 0.649. The zero-order valence-corrected chi connectivity index (χ0v) is 11.8. The van der Waals surface area contributed by atoms with Crippen LogP contribution >= 0.6 is 11.8 Å². The average molecular weight is 320 g/mol. The third-order valence-corrected chi connectivity index (χ3v) is 9.27. The van der Waals surface area contributed by atoms with E-state index in [9.17, 15) is 0 Å². The van der Waals surface area contributed by atoms with Gasteiger partial charge in [-0.25, -0.2) is 0 Å². The fraction of sp³-hybridized carbons (Fsp3) is 0.200. The molecule has 0 aromatic carbocycles. The van der Waals surface area contributed by atoms with Gasteiger partial charge < -0.3 is 0 Å². The number of hydrogen-bond donors (Lipinski definition) is 0. The molecule has 0 saturated heterocycles. The van der Waals surface area contributed by atoms with Gasteiger partial charge in [0.05, 0.1) is 0 Å². The standard InChI is InChI=1S/C10H10SSe2/c1-7-8(2)13-10(12-7)9-3-5-11-6-4-9/h3-6H,1-2H3. The quantitative estimate of drug-likeness (QED) is 0.619. The van der Waals surface area contributed by atoms with E-state index >= 15 is 0 Å². The maximum atomic E-state index is 2.29. The molecule has 0 N–H and O–H groups in total. The van der Waals surface area contributed by atoms with Gasteiger partial charge in [-0.2, -0.15) is 0 Å². The van der Waals surface area contributed by atoms with Gasteiger partial charge in [-0.3, -0.25) is 0 Å². The predicted octanol–water partition coefficient (Wildman–Crippen LogP) is 2.65. The van der Waals surface area contributed by atoms with Crippen LogP contribution in [-0.2, 0) is 0 Å². The van der Waals surface area contributed by atoms with Crippen molar-refractivity contribution in [1.82, 2.24) is 0 Å². The second-order valence-electron chi connectivity index (χ2n) is 2.80. The van der Waals surface area contributed by atoms with Crippen molar-refractivity contribution < 1.29 is 0 Å². The van der Waals surface area contributed by atoms with Crippen molar-refractivity contribution in [2.45, 2.75) is 13.8 Å². The molecule has 0 bridgehead atoms. The summed E-state index contributed by atoms with van der Waals surface area (Å²) in [6, 6.07) is 0. The molecule has 0 spiro atoms. The van der Waals surface area contributed by atoms with Crippen molar-refractivity contribution in [2.24, 2.45) is 0 Å². The molecule has 3 heteroatoms. The third-order valence-electron chi connectivity index (χ3n) is 1.88. The van der Waals surface area contributed by atoms with Crippen molar-refractivity contribution in [3.63, 3.8) is 0 Å². The Morgan fingerprint density at radius 1 is 1.00 bits per heavy atom. The second-order valence-corrected chi connectivity index (χ2v) is 10.1. The summed E-state index contributed by atoms with van der Waals surface area (Å²) in [5.41, 5.74) is 1.48. The molecule has 13 heavy (non-hydrogen) atoms. The topological polar surface area (TPSA) is 0 Å². The van der Waals surface area contributed by atoms with Gasteiger partial charge in [0, 0.05) is 0 Å². The first-order chi connectivity index (χ1) is 6.27. The molecule has 0 unspecified atom stereocenters. The molecule has 2 rings (SSSR count). The number of allylic oxidation sites excluding steroid dienone is 5. The van der Waals surface area contributed by atoms with E-state index in [-0.39, 0.29) is 0 Å². The zero-order valence-electron chi connectivity index (χ0n) is 7.53. The summed E-state index contributed by atoms with van der Waals surface area (Å²) >= 11 is 3.06. The molecule has 0 aliphatic carbocycles. The van der Waals surface area contributed by atoms with Gasteiger partial charge in [-0.05, 0) is 0 Å². The normalized spacial score (nSPS) is 22.0. The van der Waals surface area contributed by atoms with E-state index in [1.807, 2.05) is 0 Å². The minimum absolute atomic E-state index is 0.649. The Hall–Kier alpha value is 0.349. The summed E-state index contributed by atoms with van der Waals surface area (Å²) in [6.45, 7) is 4.57. The first-order valence-electron chi connectivity index (χ1n) is 4.03. The zero-order chi connectivity index (χ0) is 9.26. The van der Waals surface area contributed by atoms with E-state index in [0.717, 1.165) is 0 Å². The summed E-state index contributed by atoms with van der Waals surface area (Å²) in [5.74, 6) is 0. The van der Waals surface area contributed by atoms with Crippen LogP contribution in [0.5, 0.6) is 0 Å². The molecule has 0 aromatic rings. The van der Waals surface area contributed by atoms with Gasteiger partial charge in [-0.15, -0.1) is 0 Å². The van der Waals surface area contributed by atoms with Crippen LogP contribution < -0.4 is 0 Å². The van der Waals surface area contributed by atoms with Crippen molar-refractivity contribution >= 4 is 41.7 Å². The first-order valence-corrected chi connectivity index (χ1v) is 8.40. The number of hydrogen-bond acceptors (Lipinski definition) is 1. The van der Waals surface area contributed by atoms with Crippen molar-refractivity contribution in [1.29, 1.82) is 0 Å². The van der Waals surface area contributed by atoms with Gasteiger partial charge in [0.2, 0.25) is 0 Å². The third kappa shape index (κ3) is 2.23. The van der Waals surface area contributed by atoms with Crippen molar-refractivity contribution in [3.05, 3.63) is 40.9 Å². The molecule has 2 aliphatic heterocycles. The molecule has 0 fully saturated rings. The van der Waals surface area contributed by atoms with Crippen LogP contribution in [0, 0.1) is 0 Å². The molecule has 2 aliphatic rings. The van der Waals surface area contributed by atoms with Crippen LogP contribution in [0.15, 0.2) is 40.9 Å². The molecule has 0 atom stereocenters. The molecule has 0 amide bonds. The van der Waals surface area contributed by atoms with Crippen molar-refractivity contribution in [2.75, 3.05) is 0 Å². The van der Waals surface area contributed by atoms with Crippen LogP contribution in [0.2, 0.25) is 0 Å². The SMILES string of the molecule is CC1=C(C)[Se]C(=C2C=CSC=C2)[Se]1. The fourth-order valence-corrected chi connectivity index (χ4v) is 8.57. The van der Waals surface area contributed by atoms with Crippen LogP contribution in [0.3, 0.4) is 0 Å². The Labute approximate surface area is 95.9 Å². The second kappa shape index (κ2) is 4.25. The Morgan fingerprint density at radius 2 is 1.54 bits per heavy atom. The number of thioether (sulfide) groups is 1.